The molecule has 0 bridgehead atoms. The number of halogens is 2. The van der Waals surface area contributed by atoms with E-state index in [0.717, 1.165) is 19.4 Å². The van der Waals surface area contributed by atoms with Crippen molar-refractivity contribution in [3.63, 3.8) is 0 Å². The summed E-state index contributed by atoms with van der Waals surface area (Å²) in [5.41, 5.74) is 0.109. The van der Waals surface area contributed by atoms with Crippen molar-refractivity contribution in [1.82, 2.24) is 10.2 Å². The number of piperazine rings is 1. The lowest BCUT2D eigenvalue weighted by molar-refractivity contribution is -0.0543. The number of nitrogens with one attached hydrogen (secondary N) is 1. The highest BCUT2D eigenvalue weighted by atomic mass is 19.3. The van der Waals surface area contributed by atoms with E-state index in [0.29, 0.717) is 12.6 Å². The second-order valence-corrected chi connectivity index (χ2v) is 5.74. The molecule has 1 aromatic carbocycles. The Bertz CT molecular complexity index is 408. The molecule has 1 fully saturated rings. The van der Waals surface area contributed by atoms with Gasteiger partial charge in [0.25, 0.3) is 5.92 Å². The van der Waals surface area contributed by atoms with Gasteiger partial charge in [0.1, 0.15) is 0 Å². The monoisotopic (exact) mass is 282 g/mol. The van der Waals surface area contributed by atoms with Gasteiger partial charge in [-0.05, 0) is 13.3 Å². The van der Waals surface area contributed by atoms with Crippen LogP contribution in [0.2, 0.25) is 0 Å². The smallest absolute Gasteiger partial charge is 0.285 e. The number of hydrogen-bond donors (Lipinski definition) is 1. The molecular formula is C16H24F2N2. The van der Waals surface area contributed by atoms with Crippen LogP contribution in [-0.2, 0) is 5.92 Å². The van der Waals surface area contributed by atoms with E-state index in [2.05, 4.69) is 12.2 Å². The van der Waals surface area contributed by atoms with E-state index < -0.39 is 5.92 Å². The molecule has 4 heteroatoms. The quantitative estimate of drug-likeness (QED) is 0.892. The standard InChI is InChI=1S/C16H24F2N2/c1-3-7-15-11-20(13(2)10-19-15)12-16(17,18)14-8-5-4-6-9-14/h4-6,8-9,13,15,19H,3,7,10-12H2,1-2H3. The van der Waals surface area contributed by atoms with Crippen molar-refractivity contribution in [1.29, 1.82) is 0 Å². The maximum atomic E-state index is 14.4. The zero-order valence-electron chi connectivity index (χ0n) is 12.3. The highest BCUT2D eigenvalue weighted by molar-refractivity contribution is 5.20. The van der Waals surface area contributed by atoms with E-state index >= 15 is 0 Å². The van der Waals surface area contributed by atoms with Gasteiger partial charge in [0.05, 0.1) is 6.54 Å². The van der Waals surface area contributed by atoms with Crippen LogP contribution in [0.3, 0.4) is 0 Å². The summed E-state index contributed by atoms with van der Waals surface area (Å²) >= 11 is 0. The fourth-order valence-electron chi connectivity index (χ4n) is 2.78. The molecule has 0 amide bonds. The van der Waals surface area contributed by atoms with Crippen molar-refractivity contribution < 1.29 is 8.78 Å². The highest BCUT2D eigenvalue weighted by Gasteiger charge is 2.37. The number of rotatable bonds is 5. The molecule has 0 aliphatic carbocycles. The van der Waals surface area contributed by atoms with Crippen molar-refractivity contribution in [2.24, 2.45) is 0 Å². The zero-order chi connectivity index (χ0) is 14.6. The van der Waals surface area contributed by atoms with Gasteiger partial charge in [-0.2, -0.15) is 8.78 Å². The topological polar surface area (TPSA) is 15.3 Å². The summed E-state index contributed by atoms with van der Waals surface area (Å²) in [7, 11) is 0. The Morgan fingerprint density at radius 3 is 2.65 bits per heavy atom. The van der Waals surface area contributed by atoms with E-state index in [9.17, 15) is 8.78 Å². The first-order chi connectivity index (χ1) is 9.53. The van der Waals surface area contributed by atoms with Gasteiger partial charge >= 0.3 is 0 Å². The van der Waals surface area contributed by atoms with Crippen LogP contribution in [0.5, 0.6) is 0 Å². The van der Waals surface area contributed by atoms with Crippen LogP contribution < -0.4 is 5.32 Å². The summed E-state index contributed by atoms with van der Waals surface area (Å²) in [6.07, 6.45) is 2.12. The fraction of sp³-hybridized carbons (Fsp3) is 0.625. The summed E-state index contributed by atoms with van der Waals surface area (Å²) in [6.45, 7) is 5.44. The molecule has 0 radical (unpaired) electrons. The van der Waals surface area contributed by atoms with Gasteiger partial charge in [-0.25, -0.2) is 0 Å². The molecule has 1 saturated heterocycles. The largest absolute Gasteiger partial charge is 0.311 e. The van der Waals surface area contributed by atoms with E-state index in [1.54, 1.807) is 18.2 Å². The molecule has 0 aromatic heterocycles. The summed E-state index contributed by atoms with van der Waals surface area (Å²) in [5, 5.41) is 3.44. The van der Waals surface area contributed by atoms with Gasteiger partial charge in [-0.3, -0.25) is 4.90 Å². The average molecular weight is 282 g/mol. The molecule has 0 saturated carbocycles. The highest BCUT2D eigenvalue weighted by Crippen LogP contribution is 2.30. The third-order valence-corrected chi connectivity index (χ3v) is 4.02. The van der Waals surface area contributed by atoms with Crippen molar-refractivity contribution >= 4 is 0 Å². The minimum absolute atomic E-state index is 0.109. The first kappa shape index (κ1) is 15.4. The molecular weight excluding hydrogens is 258 g/mol. The molecule has 2 nitrogen and oxygen atoms in total. The number of nitrogens with zero attached hydrogens (tertiary/aromatic N) is 1. The summed E-state index contributed by atoms with van der Waals surface area (Å²) < 4.78 is 28.7. The Hall–Kier alpha value is -1.00. The molecule has 1 aliphatic heterocycles. The fourth-order valence-corrected chi connectivity index (χ4v) is 2.78. The van der Waals surface area contributed by atoms with E-state index in [1.807, 2.05) is 11.8 Å². The SMILES string of the molecule is CCCC1CN(CC(F)(F)c2ccccc2)C(C)CN1. The minimum Gasteiger partial charge on any atom is -0.311 e. The first-order valence-corrected chi connectivity index (χ1v) is 7.43. The van der Waals surface area contributed by atoms with Crippen molar-refractivity contribution in [2.75, 3.05) is 19.6 Å². The Morgan fingerprint density at radius 2 is 2.00 bits per heavy atom. The Balaban J connectivity index is 2.03. The van der Waals surface area contributed by atoms with Crippen molar-refractivity contribution in [3.8, 4) is 0 Å². The molecule has 0 spiro atoms. The molecule has 1 heterocycles. The number of benzene rings is 1. The van der Waals surface area contributed by atoms with Gasteiger partial charge < -0.3 is 5.32 Å². The van der Waals surface area contributed by atoms with Crippen LogP contribution in [0.1, 0.15) is 32.3 Å². The summed E-state index contributed by atoms with van der Waals surface area (Å²) in [4.78, 5) is 1.92. The summed E-state index contributed by atoms with van der Waals surface area (Å²) in [5.74, 6) is -2.79. The first-order valence-electron chi connectivity index (χ1n) is 7.43. The van der Waals surface area contributed by atoms with Crippen molar-refractivity contribution in [2.45, 2.75) is 44.7 Å². The van der Waals surface area contributed by atoms with E-state index in [4.69, 9.17) is 0 Å². The van der Waals surface area contributed by atoms with Crippen LogP contribution >= 0.6 is 0 Å². The molecule has 1 N–H and O–H groups in total. The zero-order valence-corrected chi connectivity index (χ0v) is 12.3. The maximum Gasteiger partial charge on any atom is 0.285 e. The lowest BCUT2D eigenvalue weighted by atomic mass is 10.0. The van der Waals surface area contributed by atoms with Crippen LogP contribution in [0.4, 0.5) is 8.78 Å². The molecule has 20 heavy (non-hydrogen) atoms. The third kappa shape index (κ3) is 3.76. The average Bonchev–Trinajstić information content (AvgIpc) is 2.44. The van der Waals surface area contributed by atoms with Crippen LogP contribution in [0, 0.1) is 0 Å². The summed E-state index contributed by atoms with van der Waals surface area (Å²) in [6, 6.07) is 8.62. The molecule has 2 unspecified atom stereocenters. The Labute approximate surface area is 120 Å². The normalized spacial score (nSPS) is 24.8. The van der Waals surface area contributed by atoms with Gasteiger partial charge in [0, 0.05) is 30.7 Å². The molecule has 112 valence electrons. The van der Waals surface area contributed by atoms with Crippen LogP contribution in [0.15, 0.2) is 30.3 Å². The third-order valence-electron chi connectivity index (χ3n) is 4.02. The molecule has 1 aromatic rings. The van der Waals surface area contributed by atoms with Gasteiger partial charge in [-0.15, -0.1) is 0 Å². The van der Waals surface area contributed by atoms with E-state index in [1.165, 1.54) is 12.1 Å². The van der Waals surface area contributed by atoms with Crippen molar-refractivity contribution in [3.05, 3.63) is 35.9 Å². The Kier molecular flexibility index (Phi) is 5.11. The number of alkyl halides is 2. The Morgan fingerprint density at radius 1 is 1.30 bits per heavy atom. The molecule has 2 rings (SSSR count). The van der Waals surface area contributed by atoms with Crippen LogP contribution in [0.25, 0.3) is 0 Å². The predicted molar refractivity (Wildman–Crippen MR) is 78.1 cm³/mol. The van der Waals surface area contributed by atoms with Gasteiger partial charge in [0.15, 0.2) is 0 Å². The lowest BCUT2D eigenvalue weighted by Crippen LogP contribution is -2.57. The molecule has 2 atom stereocenters. The van der Waals surface area contributed by atoms with Crippen LogP contribution in [-0.4, -0.2) is 36.6 Å². The lowest BCUT2D eigenvalue weighted by Gasteiger charge is -2.40. The number of hydrogen-bond acceptors (Lipinski definition) is 2. The minimum atomic E-state index is -2.79. The second-order valence-electron chi connectivity index (χ2n) is 5.74. The maximum absolute atomic E-state index is 14.4. The molecule has 1 aliphatic rings. The predicted octanol–water partition coefficient (Wildman–Crippen LogP) is 3.24. The van der Waals surface area contributed by atoms with Gasteiger partial charge in [-0.1, -0.05) is 43.7 Å². The second kappa shape index (κ2) is 6.64. The van der Waals surface area contributed by atoms with Gasteiger partial charge in [0.2, 0.25) is 0 Å². The van der Waals surface area contributed by atoms with E-state index in [-0.39, 0.29) is 18.2 Å².